The van der Waals surface area contributed by atoms with Crippen molar-refractivity contribution in [3.63, 3.8) is 0 Å². The van der Waals surface area contributed by atoms with Gasteiger partial charge in [0.2, 0.25) is 11.8 Å². The number of nitrogens with one attached hydrogen (secondary N) is 1. The van der Waals surface area contributed by atoms with Crippen molar-refractivity contribution in [1.29, 1.82) is 0 Å². The molecule has 1 unspecified atom stereocenters. The summed E-state index contributed by atoms with van der Waals surface area (Å²) in [6, 6.07) is 0.0198. The number of aliphatic carboxylic acids is 1. The molecule has 1 saturated heterocycles. The molecule has 0 aromatic carbocycles. The van der Waals surface area contributed by atoms with Crippen LogP contribution in [0.4, 0.5) is 0 Å². The summed E-state index contributed by atoms with van der Waals surface area (Å²) in [5.74, 6) is 1.81. The lowest BCUT2D eigenvalue weighted by Gasteiger charge is -2.73. The number of carboxylic acid groups (broad SMARTS) is 1. The molecule has 0 bridgehead atoms. The number of carboxylic acids is 1. The molecule has 7 aliphatic carbocycles. The molecule has 0 aromatic heterocycles. The van der Waals surface area contributed by atoms with Crippen LogP contribution in [-0.4, -0.2) is 72.2 Å². The highest BCUT2D eigenvalue weighted by Crippen LogP contribution is 2.79. The largest absolute Gasteiger partial charge is 0.481 e. The number of fused-ring (bicyclic) bond motifs is 7. The molecule has 2 N–H and O–H groups in total. The van der Waals surface area contributed by atoms with Crippen LogP contribution in [0.1, 0.15) is 166 Å². The molecular formula is C49H78N2O7. The molecule has 8 fully saturated rings. The first kappa shape index (κ1) is 42.5. The fourth-order valence-electron chi connectivity index (χ4n) is 16.5. The molecule has 1 heterocycles. The Bertz CT molecular complexity index is 1680. The number of amides is 2. The molecule has 7 saturated carbocycles. The zero-order valence-corrected chi connectivity index (χ0v) is 37.9. The van der Waals surface area contributed by atoms with Gasteiger partial charge in [0.1, 0.15) is 6.10 Å². The maximum absolute atomic E-state index is 15.2. The molecule has 2 amide bonds. The molecule has 1 aliphatic heterocycles. The third-order valence-electron chi connectivity index (χ3n) is 20.5. The van der Waals surface area contributed by atoms with Crippen molar-refractivity contribution in [2.45, 2.75) is 178 Å². The van der Waals surface area contributed by atoms with E-state index in [1.165, 1.54) is 32.1 Å². The van der Waals surface area contributed by atoms with Crippen LogP contribution in [0.15, 0.2) is 0 Å². The summed E-state index contributed by atoms with van der Waals surface area (Å²) >= 11 is 0. The second-order valence-electron chi connectivity index (χ2n) is 24.5. The Hall–Kier alpha value is -2.16. The van der Waals surface area contributed by atoms with Gasteiger partial charge in [-0.15, -0.1) is 0 Å². The maximum atomic E-state index is 15.2. The quantitative estimate of drug-likeness (QED) is 0.223. The minimum atomic E-state index is -0.887. The predicted octanol–water partition coefficient (Wildman–Crippen LogP) is 9.06. The van der Waals surface area contributed by atoms with Crippen molar-refractivity contribution in [3.05, 3.63) is 0 Å². The van der Waals surface area contributed by atoms with Gasteiger partial charge in [-0.2, -0.15) is 0 Å². The Morgan fingerprint density at radius 1 is 0.741 bits per heavy atom. The van der Waals surface area contributed by atoms with Gasteiger partial charge in [-0.3, -0.25) is 19.2 Å². The second kappa shape index (κ2) is 13.9. The number of hydrogen-bond donors (Lipinski definition) is 2. The van der Waals surface area contributed by atoms with Crippen molar-refractivity contribution in [1.82, 2.24) is 10.2 Å². The van der Waals surface area contributed by atoms with Gasteiger partial charge in [0.05, 0.1) is 31.5 Å². The van der Waals surface area contributed by atoms with E-state index in [1.807, 2.05) is 18.7 Å². The molecule has 9 heteroatoms. The lowest BCUT2D eigenvalue weighted by molar-refractivity contribution is -0.251. The van der Waals surface area contributed by atoms with Crippen molar-refractivity contribution >= 4 is 23.8 Å². The number of rotatable bonds is 9. The summed E-state index contributed by atoms with van der Waals surface area (Å²) in [5.41, 5.74) is -0.663. The molecular weight excluding hydrogens is 729 g/mol. The Morgan fingerprint density at radius 2 is 1.43 bits per heavy atom. The molecule has 0 radical (unpaired) electrons. The number of nitrogens with zero attached hydrogens (tertiary/aromatic N) is 1. The highest BCUT2D eigenvalue weighted by atomic mass is 16.5. The minimum Gasteiger partial charge on any atom is -0.481 e. The van der Waals surface area contributed by atoms with Crippen molar-refractivity contribution in [2.75, 3.05) is 26.3 Å². The molecule has 12 atom stereocenters. The monoisotopic (exact) mass is 807 g/mol. The lowest BCUT2D eigenvalue weighted by Crippen LogP contribution is -2.69. The SMILES string of the molecule is CC(C)(CC(=O)O)CC(=O)O[C@H]1CC[C@]2(C)[C@H]3CC[C@@H]4C5[C@H](C6(C)CC6)CC[C@]5(C(=O)N[C@H]5C[C@@H](C(=O)N6CCOCC6)C5(C)C)CC[C@@]4(C)[C@]3(C)CC[C@H]2C1(C)C. The topological polar surface area (TPSA) is 122 Å². The summed E-state index contributed by atoms with van der Waals surface area (Å²) in [6.07, 6.45) is 14.0. The summed E-state index contributed by atoms with van der Waals surface area (Å²) < 4.78 is 11.8. The highest BCUT2D eigenvalue weighted by molar-refractivity contribution is 5.86. The van der Waals surface area contributed by atoms with Gasteiger partial charge in [0.25, 0.3) is 0 Å². The smallest absolute Gasteiger partial charge is 0.306 e. The standard InChI is InChI=1S/C49H78N2O7/c1-42(2,28-37(52)53)29-38(54)58-36-15-16-46(8)33(44(36,5)6)14-17-48(10)34(46)12-11-31-39-30(45(7)19-20-45)13-18-49(39,22-21-47(31,48)9)41(56)50-35-27-32(43(35,3)4)40(55)51-23-25-57-26-24-51/h30-36,39H,11-29H2,1-10H3,(H,50,56)(H,52,53)/t30-,31-,32+,33+,34-,35+,36+,39?,46+,47-,48-,49+/m1/s1. The zero-order valence-electron chi connectivity index (χ0n) is 37.9. The maximum Gasteiger partial charge on any atom is 0.306 e. The predicted molar refractivity (Wildman–Crippen MR) is 223 cm³/mol. The van der Waals surface area contributed by atoms with Gasteiger partial charge in [-0.25, -0.2) is 0 Å². The van der Waals surface area contributed by atoms with Crippen LogP contribution in [0, 0.1) is 78.8 Å². The van der Waals surface area contributed by atoms with Crippen LogP contribution in [0.3, 0.4) is 0 Å². The van der Waals surface area contributed by atoms with Crippen LogP contribution in [0.2, 0.25) is 0 Å². The van der Waals surface area contributed by atoms with E-state index in [0.29, 0.717) is 67.2 Å². The highest BCUT2D eigenvalue weighted by Gasteiger charge is 2.74. The normalized spacial score (nSPS) is 44.6. The second-order valence-corrected chi connectivity index (χ2v) is 24.5. The van der Waals surface area contributed by atoms with Crippen LogP contribution < -0.4 is 5.32 Å². The van der Waals surface area contributed by atoms with E-state index < -0.39 is 11.4 Å². The van der Waals surface area contributed by atoms with E-state index in [-0.39, 0.29) is 75.3 Å². The Morgan fingerprint density at radius 3 is 2.07 bits per heavy atom. The molecule has 326 valence electrons. The molecule has 9 nitrogen and oxygen atoms in total. The minimum absolute atomic E-state index is 0.0198. The molecule has 58 heavy (non-hydrogen) atoms. The van der Waals surface area contributed by atoms with Gasteiger partial charge in [0.15, 0.2) is 0 Å². The first-order valence-corrected chi connectivity index (χ1v) is 23.5. The number of carbonyl (C=O) groups is 4. The van der Waals surface area contributed by atoms with E-state index in [0.717, 1.165) is 51.4 Å². The number of morpholine rings is 1. The fourth-order valence-corrected chi connectivity index (χ4v) is 16.5. The molecule has 0 spiro atoms. The zero-order chi connectivity index (χ0) is 42.1. The van der Waals surface area contributed by atoms with E-state index in [1.54, 1.807) is 0 Å². The average Bonchev–Trinajstić information content (AvgIpc) is 3.75. The summed E-state index contributed by atoms with van der Waals surface area (Å²) in [6.45, 7) is 25.7. The van der Waals surface area contributed by atoms with Gasteiger partial charge in [0, 0.05) is 30.5 Å². The van der Waals surface area contributed by atoms with Gasteiger partial charge >= 0.3 is 11.9 Å². The summed E-state index contributed by atoms with van der Waals surface area (Å²) in [4.78, 5) is 55.5. The van der Waals surface area contributed by atoms with Crippen LogP contribution in [0.5, 0.6) is 0 Å². The Labute approximate surface area is 349 Å². The van der Waals surface area contributed by atoms with E-state index >= 15 is 4.79 Å². The van der Waals surface area contributed by atoms with Crippen molar-refractivity contribution in [2.24, 2.45) is 78.8 Å². The van der Waals surface area contributed by atoms with E-state index in [4.69, 9.17) is 9.47 Å². The van der Waals surface area contributed by atoms with Crippen molar-refractivity contribution in [3.8, 4) is 0 Å². The first-order chi connectivity index (χ1) is 27.0. The van der Waals surface area contributed by atoms with E-state index in [2.05, 4.69) is 60.7 Å². The number of ether oxygens (including phenoxy) is 2. The van der Waals surface area contributed by atoms with Crippen LogP contribution >= 0.6 is 0 Å². The number of esters is 1. The Balaban J connectivity index is 1.01. The first-order valence-electron chi connectivity index (χ1n) is 23.5. The lowest BCUT2D eigenvalue weighted by atomic mass is 9.32. The summed E-state index contributed by atoms with van der Waals surface area (Å²) in [7, 11) is 0. The molecule has 8 rings (SSSR count). The van der Waals surface area contributed by atoms with Gasteiger partial charge in [-0.05, 0) is 146 Å². The third-order valence-corrected chi connectivity index (χ3v) is 20.5. The third kappa shape index (κ3) is 6.35. The molecule has 0 aromatic rings. The van der Waals surface area contributed by atoms with Gasteiger partial charge in [-0.1, -0.05) is 69.2 Å². The Kier molecular flexibility index (Phi) is 10.2. The van der Waals surface area contributed by atoms with Gasteiger partial charge < -0.3 is 24.8 Å². The fraction of sp³-hybridized carbons (Fsp3) is 0.918. The molecule has 8 aliphatic rings. The average molecular weight is 807 g/mol. The van der Waals surface area contributed by atoms with Crippen LogP contribution in [-0.2, 0) is 28.7 Å². The van der Waals surface area contributed by atoms with Crippen molar-refractivity contribution < 1.29 is 33.8 Å². The van der Waals surface area contributed by atoms with Crippen LogP contribution in [0.25, 0.3) is 0 Å². The van der Waals surface area contributed by atoms with E-state index in [9.17, 15) is 19.5 Å². The number of carbonyl (C=O) groups excluding carboxylic acids is 3. The summed E-state index contributed by atoms with van der Waals surface area (Å²) in [5, 5.41) is 13.1. The number of hydrogen-bond acceptors (Lipinski definition) is 6.